The molecule has 2 rings (SSSR count). The molecule has 2 aromatic rings. The van der Waals surface area contributed by atoms with Crippen molar-refractivity contribution in [1.29, 1.82) is 0 Å². The lowest BCUT2D eigenvalue weighted by molar-refractivity contribution is 0.0697. The Bertz CT molecular complexity index is 697. The highest BCUT2D eigenvalue weighted by atomic mass is 35.5. The Labute approximate surface area is 154 Å². The molecule has 0 spiro atoms. The third-order valence-electron chi connectivity index (χ3n) is 4.12. The summed E-state index contributed by atoms with van der Waals surface area (Å²) in [7, 11) is 0. The van der Waals surface area contributed by atoms with Crippen molar-refractivity contribution in [3.8, 4) is 16.9 Å². The molecule has 0 aromatic heterocycles. The molecule has 0 unspecified atom stereocenters. The number of hydrogen-bond donors (Lipinski definition) is 1. The maximum Gasteiger partial charge on any atom is 0.336 e. The second kappa shape index (κ2) is 10.1. The standard InChI is InChI=1S/C21H25ClO3/c1-2-3-4-5-6-7-13-25-18-10-8-9-16(14-18)20-15-17(22)11-12-19(20)21(23)24/h8-12,14-15H,2-7,13H2,1H3,(H,23,24). The topological polar surface area (TPSA) is 46.5 Å². The van der Waals surface area contributed by atoms with Gasteiger partial charge in [0, 0.05) is 5.02 Å². The van der Waals surface area contributed by atoms with E-state index in [0.717, 1.165) is 17.7 Å². The summed E-state index contributed by atoms with van der Waals surface area (Å²) in [6, 6.07) is 12.3. The third-order valence-corrected chi connectivity index (χ3v) is 4.36. The van der Waals surface area contributed by atoms with E-state index < -0.39 is 5.97 Å². The van der Waals surface area contributed by atoms with Gasteiger partial charge in [-0.3, -0.25) is 0 Å². The van der Waals surface area contributed by atoms with Gasteiger partial charge in [0.2, 0.25) is 0 Å². The zero-order valence-electron chi connectivity index (χ0n) is 14.6. The summed E-state index contributed by atoms with van der Waals surface area (Å²) in [6.45, 7) is 2.89. The quantitative estimate of drug-likeness (QED) is 0.495. The minimum Gasteiger partial charge on any atom is -0.494 e. The van der Waals surface area contributed by atoms with E-state index in [4.69, 9.17) is 16.3 Å². The van der Waals surface area contributed by atoms with Gasteiger partial charge in [0.1, 0.15) is 5.75 Å². The monoisotopic (exact) mass is 360 g/mol. The molecule has 0 fully saturated rings. The number of aromatic carboxylic acids is 1. The van der Waals surface area contributed by atoms with Crippen molar-refractivity contribution in [3.05, 3.63) is 53.1 Å². The third kappa shape index (κ3) is 6.09. The number of carboxylic acid groups (broad SMARTS) is 1. The Hall–Kier alpha value is -2.00. The molecule has 25 heavy (non-hydrogen) atoms. The van der Waals surface area contributed by atoms with Crippen molar-refractivity contribution in [2.24, 2.45) is 0 Å². The van der Waals surface area contributed by atoms with Crippen LogP contribution in [0.15, 0.2) is 42.5 Å². The average Bonchev–Trinajstić information content (AvgIpc) is 2.61. The van der Waals surface area contributed by atoms with Crippen LogP contribution in [-0.4, -0.2) is 17.7 Å². The lowest BCUT2D eigenvalue weighted by atomic mass is 9.99. The molecule has 0 aliphatic heterocycles. The van der Waals surface area contributed by atoms with Gasteiger partial charge in [0.05, 0.1) is 12.2 Å². The highest BCUT2D eigenvalue weighted by molar-refractivity contribution is 6.31. The van der Waals surface area contributed by atoms with E-state index in [1.165, 1.54) is 38.2 Å². The molecule has 0 atom stereocenters. The molecular weight excluding hydrogens is 336 g/mol. The number of carboxylic acids is 1. The molecule has 0 heterocycles. The Morgan fingerprint density at radius 2 is 1.80 bits per heavy atom. The van der Waals surface area contributed by atoms with Crippen LogP contribution in [0.2, 0.25) is 5.02 Å². The van der Waals surface area contributed by atoms with Crippen molar-refractivity contribution < 1.29 is 14.6 Å². The van der Waals surface area contributed by atoms with Crippen LogP contribution in [-0.2, 0) is 0 Å². The first-order valence-corrected chi connectivity index (χ1v) is 9.25. The number of rotatable bonds is 10. The Kier molecular flexibility index (Phi) is 7.80. The SMILES string of the molecule is CCCCCCCCOc1cccc(-c2cc(Cl)ccc2C(=O)O)c1. The summed E-state index contributed by atoms with van der Waals surface area (Å²) in [4.78, 5) is 11.4. The maximum absolute atomic E-state index is 11.4. The normalized spacial score (nSPS) is 10.6. The largest absolute Gasteiger partial charge is 0.494 e. The lowest BCUT2D eigenvalue weighted by Gasteiger charge is -2.10. The molecule has 134 valence electrons. The molecule has 3 nitrogen and oxygen atoms in total. The van der Waals surface area contributed by atoms with Gasteiger partial charge in [0.15, 0.2) is 0 Å². The van der Waals surface area contributed by atoms with Crippen LogP contribution in [0.1, 0.15) is 55.8 Å². The van der Waals surface area contributed by atoms with Crippen LogP contribution in [0.5, 0.6) is 5.75 Å². The molecule has 1 N–H and O–H groups in total. The number of carbonyl (C=O) groups is 1. The van der Waals surface area contributed by atoms with Gasteiger partial charge in [-0.2, -0.15) is 0 Å². The molecule has 0 saturated carbocycles. The van der Waals surface area contributed by atoms with Gasteiger partial charge in [-0.1, -0.05) is 62.8 Å². The molecule has 0 amide bonds. The van der Waals surface area contributed by atoms with E-state index in [9.17, 15) is 9.90 Å². The maximum atomic E-state index is 11.4. The zero-order valence-corrected chi connectivity index (χ0v) is 15.4. The summed E-state index contributed by atoms with van der Waals surface area (Å²) in [6.07, 6.45) is 7.31. The Morgan fingerprint density at radius 3 is 2.56 bits per heavy atom. The van der Waals surface area contributed by atoms with Crippen LogP contribution in [0.4, 0.5) is 0 Å². The van der Waals surface area contributed by atoms with Gasteiger partial charge < -0.3 is 9.84 Å². The van der Waals surface area contributed by atoms with E-state index in [1.54, 1.807) is 12.1 Å². The summed E-state index contributed by atoms with van der Waals surface area (Å²) in [5, 5.41) is 9.89. The van der Waals surface area contributed by atoms with Crippen molar-refractivity contribution in [2.45, 2.75) is 45.4 Å². The van der Waals surface area contributed by atoms with E-state index >= 15 is 0 Å². The van der Waals surface area contributed by atoms with Crippen LogP contribution < -0.4 is 4.74 Å². The Morgan fingerprint density at radius 1 is 1.04 bits per heavy atom. The highest BCUT2D eigenvalue weighted by Gasteiger charge is 2.12. The van der Waals surface area contributed by atoms with Gasteiger partial charge in [-0.15, -0.1) is 0 Å². The van der Waals surface area contributed by atoms with Crippen molar-refractivity contribution in [3.63, 3.8) is 0 Å². The van der Waals surface area contributed by atoms with Gasteiger partial charge in [-0.05, 0) is 47.9 Å². The lowest BCUT2D eigenvalue weighted by Crippen LogP contribution is -2.00. The minimum absolute atomic E-state index is 0.234. The highest BCUT2D eigenvalue weighted by Crippen LogP contribution is 2.29. The summed E-state index contributed by atoms with van der Waals surface area (Å²) >= 11 is 6.04. The fourth-order valence-corrected chi connectivity index (χ4v) is 2.94. The predicted octanol–water partition coefficient (Wildman–Crippen LogP) is 6.44. The molecular formula is C21H25ClO3. The average molecular weight is 361 g/mol. The van der Waals surface area contributed by atoms with E-state index in [-0.39, 0.29) is 5.56 Å². The smallest absolute Gasteiger partial charge is 0.336 e. The zero-order chi connectivity index (χ0) is 18.1. The second-order valence-corrected chi connectivity index (χ2v) is 6.58. The van der Waals surface area contributed by atoms with Gasteiger partial charge >= 0.3 is 5.97 Å². The first kappa shape index (κ1) is 19.3. The van der Waals surface area contributed by atoms with Crippen LogP contribution in [0.3, 0.4) is 0 Å². The van der Waals surface area contributed by atoms with Crippen molar-refractivity contribution in [1.82, 2.24) is 0 Å². The second-order valence-electron chi connectivity index (χ2n) is 6.14. The molecule has 0 radical (unpaired) electrons. The molecule has 0 aliphatic rings. The number of benzene rings is 2. The van der Waals surface area contributed by atoms with Crippen molar-refractivity contribution >= 4 is 17.6 Å². The van der Waals surface area contributed by atoms with E-state index in [0.29, 0.717) is 17.2 Å². The first-order chi connectivity index (χ1) is 12.1. The molecule has 2 aromatic carbocycles. The van der Waals surface area contributed by atoms with Crippen LogP contribution in [0.25, 0.3) is 11.1 Å². The number of ether oxygens (including phenoxy) is 1. The van der Waals surface area contributed by atoms with Crippen molar-refractivity contribution in [2.75, 3.05) is 6.61 Å². The van der Waals surface area contributed by atoms with Gasteiger partial charge in [0.25, 0.3) is 0 Å². The molecule has 0 aliphatic carbocycles. The minimum atomic E-state index is -0.968. The molecule has 0 saturated heterocycles. The Balaban J connectivity index is 2.00. The summed E-state index contributed by atoms with van der Waals surface area (Å²) < 4.78 is 5.82. The fraction of sp³-hybridized carbons (Fsp3) is 0.381. The predicted molar refractivity (Wildman–Crippen MR) is 103 cm³/mol. The van der Waals surface area contributed by atoms with Gasteiger partial charge in [-0.25, -0.2) is 4.79 Å². The molecule has 4 heteroatoms. The summed E-state index contributed by atoms with van der Waals surface area (Å²) in [5.74, 6) is -0.215. The molecule has 0 bridgehead atoms. The first-order valence-electron chi connectivity index (χ1n) is 8.88. The van der Waals surface area contributed by atoms with Crippen LogP contribution in [0, 0.1) is 0 Å². The number of unbranched alkanes of at least 4 members (excludes halogenated alkanes) is 5. The summed E-state index contributed by atoms with van der Waals surface area (Å²) in [5.41, 5.74) is 1.63. The number of halogens is 1. The van der Waals surface area contributed by atoms with Crippen LogP contribution >= 0.6 is 11.6 Å². The van der Waals surface area contributed by atoms with E-state index in [2.05, 4.69) is 6.92 Å². The van der Waals surface area contributed by atoms with E-state index in [1.807, 2.05) is 24.3 Å². The fourth-order valence-electron chi connectivity index (χ4n) is 2.77. The number of hydrogen-bond acceptors (Lipinski definition) is 2.